The first-order chi connectivity index (χ1) is 14.5. The van der Waals surface area contributed by atoms with Gasteiger partial charge in [-0.25, -0.2) is 9.18 Å². The molecule has 0 saturated carbocycles. The quantitative estimate of drug-likeness (QED) is 0.247. The van der Waals surface area contributed by atoms with E-state index < -0.39 is 29.6 Å². The van der Waals surface area contributed by atoms with Crippen LogP contribution < -0.4 is 15.4 Å². The summed E-state index contributed by atoms with van der Waals surface area (Å²) in [5.41, 5.74) is -1.74. The van der Waals surface area contributed by atoms with Gasteiger partial charge in [-0.05, 0) is 42.5 Å². The molecule has 0 atom stereocenters. The van der Waals surface area contributed by atoms with Crippen LogP contribution in [0.4, 0.5) is 33.7 Å². The lowest BCUT2D eigenvalue weighted by atomic mass is 10.1. The van der Waals surface area contributed by atoms with Crippen LogP contribution in [0.5, 0.6) is 5.75 Å². The highest BCUT2D eigenvalue weighted by molar-refractivity contribution is 6.41. The summed E-state index contributed by atoms with van der Waals surface area (Å²) in [7, 11) is 0. The largest absolute Gasteiger partial charge is 0.427 e. The molecule has 0 aromatic heterocycles. The second kappa shape index (κ2) is 8.60. The molecule has 162 valence electrons. The average Bonchev–Trinajstić information content (AvgIpc) is 2.65. The Morgan fingerprint density at radius 2 is 1.65 bits per heavy atom. The number of nitrogens with one attached hydrogen (secondary N) is 2. The number of amides is 2. The third kappa shape index (κ3) is 5.18. The monoisotopic (exact) mass is 474 g/mol. The first-order valence-corrected chi connectivity index (χ1v) is 9.26. The first-order valence-electron chi connectivity index (χ1n) is 8.50. The molecule has 0 unspecified atom stereocenters. The van der Waals surface area contributed by atoms with E-state index in [-0.39, 0.29) is 27.2 Å². The molecule has 3 rings (SSSR count). The molecule has 0 spiro atoms. The van der Waals surface area contributed by atoms with Crippen molar-refractivity contribution in [3.05, 3.63) is 63.9 Å². The lowest BCUT2D eigenvalue weighted by molar-refractivity contribution is -0.140. The maximum absolute atomic E-state index is 13.4. The van der Waals surface area contributed by atoms with E-state index in [1.165, 1.54) is 25.1 Å². The summed E-state index contributed by atoms with van der Waals surface area (Å²) >= 11 is 12.4. The number of halogens is 6. The second-order valence-corrected chi connectivity index (χ2v) is 7.10. The van der Waals surface area contributed by atoms with Crippen molar-refractivity contribution in [2.45, 2.75) is 13.1 Å². The molecule has 2 N–H and O–H groups in total. The normalized spacial score (nSPS) is 11.3. The van der Waals surface area contributed by atoms with E-state index >= 15 is 0 Å². The van der Waals surface area contributed by atoms with Gasteiger partial charge in [0.1, 0.15) is 11.6 Å². The average molecular weight is 475 g/mol. The van der Waals surface area contributed by atoms with Gasteiger partial charge in [0.05, 0.1) is 21.3 Å². The predicted molar refractivity (Wildman–Crippen MR) is 109 cm³/mol. The van der Waals surface area contributed by atoms with Crippen LogP contribution in [0.2, 0.25) is 10.0 Å². The van der Waals surface area contributed by atoms with Crippen molar-refractivity contribution >= 4 is 57.3 Å². The number of hydrogen-bond acceptors (Lipinski definition) is 3. The van der Waals surface area contributed by atoms with E-state index in [9.17, 15) is 27.2 Å². The molecule has 0 saturated heterocycles. The smallest absolute Gasteiger partial charge is 0.419 e. The number of rotatable bonds is 3. The van der Waals surface area contributed by atoms with Gasteiger partial charge in [0.2, 0.25) is 0 Å². The van der Waals surface area contributed by atoms with Crippen LogP contribution in [0.15, 0.2) is 42.5 Å². The Bertz CT molecular complexity index is 1200. The number of urea groups is 1. The van der Waals surface area contributed by atoms with Crippen molar-refractivity contribution in [3.8, 4) is 5.75 Å². The van der Waals surface area contributed by atoms with Gasteiger partial charge in [-0.2, -0.15) is 13.2 Å². The molecule has 3 aromatic carbocycles. The van der Waals surface area contributed by atoms with Crippen LogP contribution in [0.1, 0.15) is 12.5 Å². The van der Waals surface area contributed by atoms with Gasteiger partial charge in [-0.1, -0.05) is 23.2 Å². The fourth-order valence-corrected chi connectivity index (χ4v) is 3.37. The van der Waals surface area contributed by atoms with Crippen LogP contribution in [-0.2, 0) is 11.0 Å². The topological polar surface area (TPSA) is 67.4 Å². The lowest BCUT2D eigenvalue weighted by Gasteiger charge is -2.15. The van der Waals surface area contributed by atoms with Gasteiger partial charge < -0.3 is 15.4 Å². The maximum Gasteiger partial charge on any atom is 0.419 e. The SMILES string of the molecule is CC(=O)Oc1ccc2c(Cl)cc(Cl)c(NC(=O)Nc3ccc(F)c(C(F)(F)F)c3)c2c1. The van der Waals surface area contributed by atoms with E-state index in [0.717, 1.165) is 6.07 Å². The Kier molecular flexibility index (Phi) is 6.28. The number of fused-ring (bicyclic) bond motifs is 1. The molecule has 0 heterocycles. The number of hydrogen-bond donors (Lipinski definition) is 2. The fraction of sp³-hybridized carbons (Fsp3) is 0.100. The minimum Gasteiger partial charge on any atom is -0.427 e. The fourth-order valence-electron chi connectivity index (χ4n) is 2.78. The van der Waals surface area contributed by atoms with Crippen LogP contribution >= 0.6 is 23.2 Å². The molecule has 0 aliphatic carbocycles. The zero-order valence-electron chi connectivity index (χ0n) is 15.5. The zero-order valence-corrected chi connectivity index (χ0v) is 17.0. The number of ether oxygens (including phenoxy) is 1. The predicted octanol–water partition coefficient (Wildman–Crippen LogP) is 6.87. The van der Waals surface area contributed by atoms with Crippen LogP contribution in [0, 0.1) is 5.82 Å². The van der Waals surface area contributed by atoms with Crippen LogP contribution in [-0.4, -0.2) is 12.0 Å². The Morgan fingerprint density at radius 1 is 0.935 bits per heavy atom. The number of carbonyl (C=O) groups is 2. The van der Waals surface area contributed by atoms with Crippen molar-refractivity contribution < 1.29 is 31.9 Å². The van der Waals surface area contributed by atoms with Crippen LogP contribution in [0.25, 0.3) is 10.8 Å². The van der Waals surface area contributed by atoms with Gasteiger partial charge in [-0.3, -0.25) is 4.79 Å². The molecule has 0 aliphatic rings. The molecule has 2 amide bonds. The molecule has 0 radical (unpaired) electrons. The molecule has 0 fully saturated rings. The van der Waals surface area contributed by atoms with Gasteiger partial charge in [0.15, 0.2) is 0 Å². The van der Waals surface area contributed by atoms with Gasteiger partial charge in [-0.15, -0.1) is 0 Å². The summed E-state index contributed by atoms with van der Waals surface area (Å²) in [5.74, 6) is -1.88. The summed E-state index contributed by atoms with van der Waals surface area (Å²) in [6.45, 7) is 1.21. The zero-order chi connectivity index (χ0) is 22.9. The van der Waals surface area contributed by atoms with Crippen molar-refractivity contribution in [2.24, 2.45) is 0 Å². The van der Waals surface area contributed by atoms with E-state index in [1.807, 2.05) is 0 Å². The number of esters is 1. The number of benzene rings is 3. The highest BCUT2D eigenvalue weighted by Gasteiger charge is 2.34. The van der Waals surface area contributed by atoms with Crippen LogP contribution in [0.3, 0.4) is 0 Å². The Labute approximate surface area is 182 Å². The number of anilines is 2. The highest BCUT2D eigenvalue weighted by atomic mass is 35.5. The van der Waals surface area contributed by atoms with Crippen molar-refractivity contribution in [2.75, 3.05) is 10.6 Å². The molecular formula is C20H12Cl2F4N2O3. The summed E-state index contributed by atoms with van der Waals surface area (Å²) in [5, 5.41) is 5.70. The van der Waals surface area contributed by atoms with E-state index in [0.29, 0.717) is 22.9 Å². The molecule has 3 aromatic rings. The minimum atomic E-state index is -4.93. The Hall–Kier alpha value is -3.04. The minimum absolute atomic E-state index is 0.0303. The summed E-state index contributed by atoms with van der Waals surface area (Å²) in [6, 6.07) is 6.92. The van der Waals surface area contributed by atoms with Gasteiger partial charge >= 0.3 is 18.2 Å². The standard InChI is InChI=1S/C20H12Cl2F4N2O3/c1-9(29)31-11-3-4-12-13(7-11)18(16(22)8-15(12)21)28-19(30)27-10-2-5-17(23)14(6-10)20(24,25)26/h2-8H,1H3,(H2,27,28,30). The van der Waals surface area contributed by atoms with E-state index in [1.54, 1.807) is 6.07 Å². The van der Waals surface area contributed by atoms with E-state index in [2.05, 4.69) is 10.6 Å². The van der Waals surface area contributed by atoms with Crippen molar-refractivity contribution in [1.29, 1.82) is 0 Å². The highest BCUT2D eigenvalue weighted by Crippen LogP contribution is 2.38. The number of alkyl halides is 3. The second-order valence-electron chi connectivity index (χ2n) is 6.29. The first kappa shape index (κ1) is 22.6. The maximum atomic E-state index is 13.4. The van der Waals surface area contributed by atoms with E-state index in [4.69, 9.17) is 27.9 Å². The molecule has 11 heteroatoms. The molecule has 0 aliphatic heterocycles. The van der Waals surface area contributed by atoms with Gasteiger partial charge in [0.25, 0.3) is 0 Å². The van der Waals surface area contributed by atoms with Gasteiger partial charge in [0, 0.05) is 23.4 Å². The third-order valence-electron chi connectivity index (χ3n) is 4.04. The third-order valence-corrected chi connectivity index (χ3v) is 4.65. The van der Waals surface area contributed by atoms with Crippen molar-refractivity contribution in [3.63, 3.8) is 0 Å². The molecule has 0 bridgehead atoms. The molecule has 31 heavy (non-hydrogen) atoms. The Morgan fingerprint density at radius 3 is 2.29 bits per heavy atom. The lowest BCUT2D eigenvalue weighted by Crippen LogP contribution is -2.20. The molecular weight excluding hydrogens is 463 g/mol. The summed E-state index contributed by atoms with van der Waals surface area (Å²) < 4.78 is 57.1. The summed E-state index contributed by atoms with van der Waals surface area (Å²) in [6.07, 6.45) is -4.93. The number of carbonyl (C=O) groups excluding carboxylic acids is 2. The summed E-state index contributed by atoms with van der Waals surface area (Å²) in [4.78, 5) is 23.6. The Balaban J connectivity index is 1.94. The van der Waals surface area contributed by atoms with Crippen molar-refractivity contribution in [1.82, 2.24) is 0 Å². The molecule has 5 nitrogen and oxygen atoms in total.